The first-order chi connectivity index (χ1) is 9.33. The summed E-state index contributed by atoms with van der Waals surface area (Å²) in [5.41, 5.74) is 0.619. The van der Waals surface area contributed by atoms with Gasteiger partial charge in [-0.25, -0.2) is 0 Å². The number of carbonyl (C=O) groups excluding carboxylic acids is 1. The minimum atomic E-state index is 0.619. The van der Waals surface area contributed by atoms with Crippen molar-refractivity contribution in [3.8, 4) is 11.5 Å². The van der Waals surface area contributed by atoms with Crippen LogP contribution in [0.4, 0.5) is 0 Å². The number of aldehydes is 1. The van der Waals surface area contributed by atoms with Gasteiger partial charge >= 0.3 is 0 Å². The molecule has 1 aromatic carbocycles. The lowest BCUT2D eigenvalue weighted by Gasteiger charge is -2.21. The molecule has 0 aromatic heterocycles. The van der Waals surface area contributed by atoms with E-state index in [2.05, 4.69) is 0 Å². The summed E-state index contributed by atoms with van der Waals surface area (Å²) in [6.45, 7) is 0.698. The topological polar surface area (TPSA) is 35.5 Å². The van der Waals surface area contributed by atoms with Crippen LogP contribution >= 0.6 is 0 Å². The molecule has 0 amide bonds. The number of hydrogen-bond acceptors (Lipinski definition) is 3. The normalized spacial score (nSPS) is 16.1. The van der Waals surface area contributed by atoms with Crippen molar-refractivity contribution in [1.82, 2.24) is 0 Å². The van der Waals surface area contributed by atoms with Gasteiger partial charge in [0.15, 0.2) is 11.5 Å². The van der Waals surface area contributed by atoms with Gasteiger partial charge in [-0.1, -0.05) is 32.1 Å². The molecule has 0 N–H and O–H groups in total. The third-order valence-electron chi connectivity index (χ3n) is 3.83. The largest absolute Gasteiger partial charge is 0.493 e. The standard InChI is InChI=1S/C16H22O3/c1-18-15-8-7-14(12-17)11-16(15)19-10-9-13-5-3-2-4-6-13/h7-8,11-13H,2-6,9-10H2,1H3. The Morgan fingerprint density at radius 3 is 2.68 bits per heavy atom. The molecule has 0 aliphatic heterocycles. The molecule has 0 radical (unpaired) electrons. The third kappa shape index (κ3) is 3.98. The Hall–Kier alpha value is -1.51. The molecule has 3 heteroatoms. The summed E-state index contributed by atoms with van der Waals surface area (Å²) in [6, 6.07) is 5.26. The van der Waals surface area contributed by atoms with Crippen LogP contribution in [0.25, 0.3) is 0 Å². The molecule has 104 valence electrons. The zero-order valence-corrected chi connectivity index (χ0v) is 11.6. The van der Waals surface area contributed by atoms with E-state index in [0.29, 0.717) is 23.7 Å². The molecule has 0 heterocycles. The van der Waals surface area contributed by atoms with Gasteiger partial charge in [0.05, 0.1) is 13.7 Å². The van der Waals surface area contributed by atoms with E-state index in [-0.39, 0.29) is 0 Å². The molecule has 1 fully saturated rings. The van der Waals surface area contributed by atoms with Crippen molar-refractivity contribution in [2.45, 2.75) is 38.5 Å². The second-order valence-electron chi connectivity index (χ2n) is 5.17. The molecule has 1 saturated carbocycles. The van der Waals surface area contributed by atoms with Crippen molar-refractivity contribution in [2.75, 3.05) is 13.7 Å². The summed E-state index contributed by atoms with van der Waals surface area (Å²) < 4.78 is 11.0. The zero-order chi connectivity index (χ0) is 13.5. The first kappa shape index (κ1) is 13.9. The highest BCUT2D eigenvalue weighted by molar-refractivity contribution is 5.76. The van der Waals surface area contributed by atoms with Crippen LogP contribution in [-0.4, -0.2) is 20.0 Å². The molecule has 0 atom stereocenters. The van der Waals surface area contributed by atoms with E-state index in [1.807, 2.05) is 0 Å². The number of hydrogen-bond donors (Lipinski definition) is 0. The van der Waals surface area contributed by atoms with Crippen LogP contribution in [0.1, 0.15) is 48.9 Å². The summed E-state index contributed by atoms with van der Waals surface area (Å²) >= 11 is 0. The molecule has 0 bridgehead atoms. The molecular weight excluding hydrogens is 240 g/mol. The lowest BCUT2D eigenvalue weighted by Crippen LogP contribution is -2.11. The van der Waals surface area contributed by atoms with E-state index in [1.54, 1.807) is 25.3 Å². The SMILES string of the molecule is COc1ccc(C=O)cc1OCCC1CCCCC1. The number of rotatable bonds is 6. The highest BCUT2D eigenvalue weighted by Crippen LogP contribution is 2.30. The number of carbonyl (C=O) groups is 1. The second kappa shape index (κ2) is 7.17. The van der Waals surface area contributed by atoms with E-state index >= 15 is 0 Å². The van der Waals surface area contributed by atoms with Crippen LogP contribution in [0.5, 0.6) is 11.5 Å². The van der Waals surface area contributed by atoms with Crippen molar-refractivity contribution in [2.24, 2.45) is 5.92 Å². The van der Waals surface area contributed by atoms with Gasteiger partial charge in [0.2, 0.25) is 0 Å². The third-order valence-corrected chi connectivity index (χ3v) is 3.83. The van der Waals surface area contributed by atoms with Crippen molar-refractivity contribution >= 4 is 6.29 Å². The van der Waals surface area contributed by atoms with Crippen LogP contribution in [0.2, 0.25) is 0 Å². The Morgan fingerprint density at radius 1 is 1.21 bits per heavy atom. The van der Waals surface area contributed by atoms with Crippen molar-refractivity contribution in [3.63, 3.8) is 0 Å². The maximum absolute atomic E-state index is 10.8. The van der Waals surface area contributed by atoms with Gasteiger partial charge in [-0.15, -0.1) is 0 Å². The Kier molecular flexibility index (Phi) is 5.25. The first-order valence-electron chi connectivity index (χ1n) is 7.09. The van der Waals surface area contributed by atoms with Crippen LogP contribution in [0, 0.1) is 5.92 Å². The van der Waals surface area contributed by atoms with E-state index in [0.717, 1.165) is 18.6 Å². The second-order valence-corrected chi connectivity index (χ2v) is 5.17. The highest BCUT2D eigenvalue weighted by atomic mass is 16.5. The van der Waals surface area contributed by atoms with Gasteiger partial charge in [-0.05, 0) is 30.5 Å². The van der Waals surface area contributed by atoms with E-state index in [9.17, 15) is 4.79 Å². The number of methoxy groups -OCH3 is 1. The van der Waals surface area contributed by atoms with E-state index < -0.39 is 0 Å². The van der Waals surface area contributed by atoms with E-state index in [4.69, 9.17) is 9.47 Å². The molecule has 2 rings (SSSR count). The predicted octanol–water partition coefficient (Wildman–Crippen LogP) is 3.86. The highest BCUT2D eigenvalue weighted by Gasteiger charge is 2.14. The first-order valence-corrected chi connectivity index (χ1v) is 7.09. The molecular formula is C16H22O3. The van der Waals surface area contributed by atoms with Gasteiger partial charge in [0.1, 0.15) is 6.29 Å². The minimum absolute atomic E-state index is 0.619. The lowest BCUT2D eigenvalue weighted by molar-refractivity contribution is 0.112. The minimum Gasteiger partial charge on any atom is -0.493 e. The van der Waals surface area contributed by atoms with Crippen LogP contribution in [0.15, 0.2) is 18.2 Å². The average Bonchev–Trinajstić information content (AvgIpc) is 2.48. The van der Waals surface area contributed by atoms with Crippen molar-refractivity contribution < 1.29 is 14.3 Å². The summed E-state index contributed by atoms with van der Waals surface area (Å²) in [7, 11) is 1.61. The van der Waals surface area contributed by atoms with Gasteiger partial charge in [0.25, 0.3) is 0 Å². The molecule has 1 aliphatic carbocycles. The molecule has 1 aromatic rings. The van der Waals surface area contributed by atoms with Crippen molar-refractivity contribution in [1.29, 1.82) is 0 Å². The summed E-state index contributed by atoms with van der Waals surface area (Å²) in [6.07, 6.45) is 8.67. The Balaban J connectivity index is 1.88. The Bertz CT molecular complexity index is 408. The predicted molar refractivity (Wildman–Crippen MR) is 75.1 cm³/mol. The summed E-state index contributed by atoms with van der Waals surface area (Å²) in [5, 5.41) is 0. The summed E-state index contributed by atoms with van der Waals surface area (Å²) in [5.74, 6) is 2.16. The van der Waals surface area contributed by atoms with Crippen LogP contribution in [-0.2, 0) is 0 Å². The smallest absolute Gasteiger partial charge is 0.161 e. The molecule has 1 aliphatic rings. The monoisotopic (exact) mass is 262 g/mol. The Morgan fingerprint density at radius 2 is 2.00 bits per heavy atom. The molecule has 19 heavy (non-hydrogen) atoms. The maximum atomic E-state index is 10.8. The number of benzene rings is 1. The van der Waals surface area contributed by atoms with Gasteiger partial charge in [-0.2, -0.15) is 0 Å². The lowest BCUT2D eigenvalue weighted by atomic mass is 9.87. The average molecular weight is 262 g/mol. The molecule has 0 spiro atoms. The number of ether oxygens (including phenoxy) is 2. The molecule has 3 nitrogen and oxygen atoms in total. The van der Waals surface area contributed by atoms with Crippen molar-refractivity contribution in [3.05, 3.63) is 23.8 Å². The molecule has 0 unspecified atom stereocenters. The van der Waals surface area contributed by atoms with Gasteiger partial charge < -0.3 is 9.47 Å². The van der Waals surface area contributed by atoms with Gasteiger partial charge in [0, 0.05) is 5.56 Å². The van der Waals surface area contributed by atoms with Crippen LogP contribution in [0.3, 0.4) is 0 Å². The fraction of sp³-hybridized carbons (Fsp3) is 0.562. The fourth-order valence-electron chi connectivity index (χ4n) is 2.69. The maximum Gasteiger partial charge on any atom is 0.161 e. The zero-order valence-electron chi connectivity index (χ0n) is 11.6. The van der Waals surface area contributed by atoms with Crippen LogP contribution < -0.4 is 9.47 Å². The quantitative estimate of drug-likeness (QED) is 0.730. The fourth-order valence-corrected chi connectivity index (χ4v) is 2.69. The summed E-state index contributed by atoms with van der Waals surface area (Å²) in [4.78, 5) is 10.8. The Labute approximate surface area is 114 Å². The molecule has 0 saturated heterocycles. The van der Waals surface area contributed by atoms with Gasteiger partial charge in [-0.3, -0.25) is 4.79 Å². The van der Waals surface area contributed by atoms with E-state index in [1.165, 1.54) is 32.1 Å².